The Bertz CT molecular complexity index is 425. The van der Waals surface area contributed by atoms with Gasteiger partial charge in [-0.1, -0.05) is 11.6 Å². The van der Waals surface area contributed by atoms with Crippen molar-refractivity contribution in [2.75, 3.05) is 11.4 Å². The maximum atomic E-state index is 11.4. The number of anilines is 1. The monoisotopic (exact) mass is 224 g/mol. The lowest BCUT2D eigenvalue weighted by Gasteiger charge is -2.15. The minimum absolute atomic E-state index is 0.0149. The lowest BCUT2D eigenvalue weighted by molar-refractivity contribution is -0.121. The molecule has 0 radical (unpaired) electrons. The molecule has 0 atom stereocenters. The number of rotatable bonds is 1. The smallest absolute Gasteiger partial charge is 0.234 e. The zero-order valence-corrected chi connectivity index (χ0v) is 8.91. The maximum absolute atomic E-state index is 11.4. The molecular weight excluding hydrogens is 216 g/mol. The molecular formula is C10H9ClN2O2. The second kappa shape index (κ2) is 3.62. The summed E-state index contributed by atoms with van der Waals surface area (Å²) >= 11 is 5.78. The highest BCUT2D eigenvalue weighted by atomic mass is 35.5. The summed E-state index contributed by atoms with van der Waals surface area (Å²) in [6, 6.07) is 3.33. The fraction of sp³-hybridized carbons (Fsp3) is 0.300. The average Bonchev–Trinajstić information content (AvgIpc) is 2.43. The van der Waals surface area contributed by atoms with Gasteiger partial charge in [-0.3, -0.25) is 9.59 Å². The third-order valence-electron chi connectivity index (χ3n) is 2.20. The van der Waals surface area contributed by atoms with Gasteiger partial charge in [-0.05, 0) is 19.1 Å². The van der Waals surface area contributed by atoms with Crippen molar-refractivity contribution < 1.29 is 9.59 Å². The summed E-state index contributed by atoms with van der Waals surface area (Å²) in [6.45, 7) is 1.93. The quantitative estimate of drug-likeness (QED) is 0.535. The molecule has 1 amide bonds. The summed E-state index contributed by atoms with van der Waals surface area (Å²) in [5.41, 5.74) is 1.37. The normalized spacial score (nSPS) is 16.3. The van der Waals surface area contributed by atoms with E-state index in [-0.39, 0.29) is 24.7 Å². The molecule has 1 aliphatic heterocycles. The molecule has 0 saturated carbocycles. The van der Waals surface area contributed by atoms with E-state index in [2.05, 4.69) is 4.98 Å². The van der Waals surface area contributed by atoms with Crippen LogP contribution in [0, 0.1) is 6.92 Å². The van der Waals surface area contributed by atoms with Gasteiger partial charge in [0.2, 0.25) is 5.91 Å². The molecule has 1 aliphatic rings. The second-order valence-corrected chi connectivity index (χ2v) is 3.87. The molecule has 0 aromatic carbocycles. The van der Waals surface area contributed by atoms with Crippen LogP contribution in [0.25, 0.3) is 0 Å². The molecule has 1 aromatic heterocycles. The summed E-state index contributed by atoms with van der Waals surface area (Å²) in [5.74, 6) is -0.243. The largest absolute Gasteiger partial charge is 0.304 e. The Hall–Kier alpha value is -1.42. The van der Waals surface area contributed by atoms with Crippen molar-refractivity contribution in [1.29, 1.82) is 0 Å². The minimum Gasteiger partial charge on any atom is -0.304 e. The van der Waals surface area contributed by atoms with Crippen molar-refractivity contribution in [2.24, 2.45) is 0 Å². The molecule has 0 aliphatic carbocycles. The Morgan fingerprint density at radius 2 is 2.13 bits per heavy atom. The van der Waals surface area contributed by atoms with E-state index < -0.39 is 0 Å². The number of hydrogen-bond donors (Lipinski definition) is 0. The lowest BCUT2D eigenvalue weighted by atomic mass is 10.3. The number of ketones is 1. The highest BCUT2D eigenvalue weighted by Crippen LogP contribution is 2.23. The van der Waals surface area contributed by atoms with Gasteiger partial charge in [0.05, 0.1) is 13.0 Å². The standard InChI is InChI=1S/C10H9ClN2O2/c1-6-2-7(3-9(11)12-6)13-5-8(14)4-10(13)15/h2-3H,4-5H2,1H3. The summed E-state index contributed by atoms with van der Waals surface area (Å²) in [5, 5.41) is 0.331. The van der Waals surface area contributed by atoms with Crippen molar-refractivity contribution >= 4 is 29.0 Å². The van der Waals surface area contributed by atoms with Crippen LogP contribution in [-0.4, -0.2) is 23.2 Å². The number of pyridine rings is 1. The van der Waals surface area contributed by atoms with Crippen molar-refractivity contribution in [2.45, 2.75) is 13.3 Å². The third kappa shape index (κ3) is 1.99. The zero-order valence-electron chi connectivity index (χ0n) is 8.16. The van der Waals surface area contributed by atoms with Gasteiger partial charge in [-0.25, -0.2) is 4.98 Å². The van der Waals surface area contributed by atoms with E-state index in [1.54, 1.807) is 19.1 Å². The number of hydrogen-bond acceptors (Lipinski definition) is 3. The molecule has 5 heteroatoms. The van der Waals surface area contributed by atoms with Gasteiger partial charge >= 0.3 is 0 Å². The molecule has 0 spiro atoms. The Labute approximate surface area is 91.9 Å². The first-order chi connectivity index (χ1) is 7.06. The van der Waals surface area contributed by atoms with E-state index in [9.17, 15) is 9.59 Å². The molecule has 15 heavy (non-hydrogen) atoms. The maximum Gasteiger partial charge on any atom is 0.234 e. The topological polar surface area (TPSA) is 50.3 Å². The van der Waals surface area contributed by atoms with Crippen LogP contribution in [0.1, 0.15) is 12.1 Å². The molecule has 4 nitrogen and oxygen atoms in total. The van der Waals surface area contributed by atoms with Crippen LogP contribution in [0.5, 0.6) is 0 Å². The molecule has 0 unspecified atom stereocenters. The van der Waals surface area contributed by atoms with Crippen LogP contribution < -0.4 is 4.90 Å². The molecule has 0 N–H and O–H groups in total. The zero-order chi connectivity index (χ0) is 11.0. The number of aryl methyl sites for hydroxylation is 1. The molecule has 0 bridgehead atoms. The number of carbonyl (C=O) groups is 2. The van der Waals surface area contributed by atoms with Crippen molar-refractivity contribution in [3.8, 4) is 0 Å². The minimum atomic E-state index is -0.179. The van der Waals surface area contributed by atoms with E-state index in [0.29, 0.717) is 10.8 Å². The van der Waals surface area contributed by atoms with Crippen LogP contribution in [0.3, 0.4) is 0 Å². The number of Topliss-reactive ketones (excluding diaryl/α,β-unsaturated/α-hetero) is 1. The number of halogens is 1. The fourth-order valence-electron chi connectivity index (χ4n) is 1.59. The van der Waals surface area contributed by atoms with E-state index >= 15 is 0 Å². The van der Waals surface area contributed by atoms with Crippen molar-refractivity contribution in [1.82, 2.24) is 4.98 Å². The second-order valence-electron chi connectivity index (χ2n) is 3.48. The summed E-state index contributed by atoms with van der Waals surface area (Å²) in [4.78, 5) is 28.0. The number of nitrogens with zero attached hydrogens (tertiary/aromatic N) is 2. The van der Waals surface area contributed by atoms with Gasteiger partial charge in [-0.15, -0.1) is 0 Å². The van der Waals surface area contributed by atoms with Crippen LogP contribution in [0.4, 0.5) is 5.69 Å². The molecule has 1 fully saturated rings. The molecule has 1 aromatic rings. The summed E-state index contributed by atoms with van der Waals surface area (Å²) < 4.78 is 0. The van der Waals surface area contributed by atoms with Gasteiger partial charge in [0.15, 0.2) is 5.78 Å². The first-order valence-corrected chi connectivity index (χ1v) is 4.90. The first kappa shape index (κ1) is 10.1. The van der Waals surface area contributed by atoms with Gasteiger partial charge in [-0.2, -0.15) is 0 Å². The van der Waals surface area contributed by atoms with Gasteiger partial charge in [0.25, 0.3) is 0 Å². The Kier molecular flexibility index (Phi) is 2.44. The van der Waals surface area contributed by atoms with Crippen molar-refractivity contribution in [3.63, 3.8) is 0 Å². The highest BCUT2D eigenvalue weighted by Gasteiger charge is 2.28. The van der Waals surface area contributed by atoms with E-state index in [0.717, 1.165) is 5.69 Å². The average molecular weight is 225 g/mol. The first-order valence-electron chi connectivity index (χ1n) is 4.52. The predicted molar refractivity (Wildman–Crippen MR) is 56.0 cm³/mol. The van der Waals surface area contributed by atoms with Crippen LogP contribution in [0.15, 0.2) is 12.1 Å². The fourth-order valence-corrected chi connectivity index (χ4v) is 1.83. The SMILES string of the molecule is Cc1cc(N2CC(=O)CC2=O)cc(Cl)n1. The Morgan fingerprint density at radius 3 is 2.67 bits per heavy atom. The van der Waals surface area contributed by atoms with Crippen molar-refractivity contribution in [3.05, 3.63) is 23.0 Å². The van der Waals surface area contributed by atoms with E-state index in [4.69, 9.17) is 11.6 Å². The summed E-state index contributed by atoms with van der Waals surface area (Å²) in [7, 11) is 0. The van der Waals surface area contributed by atoms with Crippen LogP contribution >= 0.6 is 11.6 Å². The number of amides is 1. The molecule has 78 valence electrons. The van der Waals surface area contributed by atoms with E-state index in [1.165, 1.54) is 4.90 Å². The molecule has 2 rings (SSSR count). The van der Waals surface area contributed by atoms with Gasteiger partial charge in [0, 0.05) is 11.4 Å². The van der Waals surface area contributed by atoms with Crippen LogP contribution in [-0.2, 0) is 9.59 Å². The Balaban J connectivity index is 2.37. The molecule has 1 saturated heterocycles. The van der Waals surface area contributed by atoms with Gasteiger partial charge < -0.3 is 4.90 Å². The van der Waals surface area contributed by atoms with E-state index in [1.807, 2.05) is 0 Å². The highest BCUT2D eigenvalue weighted by molar-refractivity contribution is 6.29. The molecule has 2 heterocycles. The van der Waals surface area contributed by atoms with Crippen LogP contribution in [0.2, 0.25) is 5.15 Å². The van der Waals surface area contributed by atoms with Gasteiger partial charge in [0.1, 0.15) is 5.15 Å². The number of aromatic nitrogens is 1. The lowest BCUT2D eigenvalue weighted by Crippen LogP contribution is -2.24. The third-order valence-corrected chi connectivity index (χ3v) is 2.40. The Morgan fingerprint density at radius 1 is 1.40 bits per heavy atom. The number of carbonyl (C=O) groups excluding carboxylic acids is 2. The summed E-state index contributed by atoms with van der Waals surface area (Å²) in [6.07, 6.45) is -0.0149. The predicted octanol–water partition coefficient (Wildman–Crippen LogP) is 1.35.